The van der Waals surface area contributed by atoms with Crippen molar-refractivity contribution in [3.05, 3.63) is 58.6 Å². The number of methoxy groups -OCH3 is 1. The van der Waals surface area contributed by atoms with E-state index in [0.717, 1.165) is 11.1 Å². The van der Waals surface area contributed by atoms with Crippen LogP contribution in [0.5, 0.6) is 11.5 Å². The van der Waals surface area contributed by atoms with E-state index in [1.807, 2.05) is 30.3 Å². The van der Waals surface area contributed by atoms with Gasteiger partial charge in [0, 0.05) is 11.6 Å². The third kappa shape index (κ3) is 6.98. The number of hydrogen-bond acceptors (Lipinski definition) is 4. The average Bonchev–Trinajstić information content (AvgIpc) is 2.74. The summed E-state index contributed by atoms with van der Waals surface area (Å²) in [4.78, 5) is 12.7. The summed E-state index contributed by atoms with van der Waals surface area (Å²) in [6.07, 6.45) is 11.2. The molecule has 0 fully saturated rings. The Morgan fingerprint density at radius 3 is 2.59 bits per heavy atom. The maximum absolute atomic E-state index is 12.7. The Bertz CT molecular complexity index is 900. The molecule has 2 aromatic rings. The molecule has 0 saturated carbocycles. The zero-order valence-electron chi connectivity index (χ0n) is 16.1. The van der Waals surface area contributed by atoms with Crippen LogP contribution in [0.4, 0.5) is 0 Å². The molecule has 0 heterocycles. The highest BCUT2D eigenvalue weighted by molar-refractivity contribution is 8.00. The SMILES string of the molecule is C#CCOc1ccc(CCNC(=O)C(SCC#C)c2ccc(Cl)cc2)cc1OC. The van der Waals surface area contributed by atoms with Crippen LogP contribution < -0.4 is 14.8 Å². The van der Waals surface area contributed by atoms with Gasteiger partial charge < -0.3 is 14.8 Å². The second-order valence-corrected chi connectivity index (χ2v) is 7.50. The summed E-state index contributed by atoms with van der Waals surface area (Å²) in [5.74, 6) is 6.54. The van der Waals surface area contributed by atoms with E-state index in [0.29, 0.717) is 35.2 Å². The summed E-state index contributed by atoms with van der Waals surface area (Å²) in [6, 6.07) is 12.8. The van der Waals surface area contributed by atoms with Crippen LogP contribution in [0.1, 0.15) is 16.4 Å². The Labute approximate surface area is 181 Å². The van der Waals surface area contributed by atoms with Gasteiger partial charge in [0.2, 0.25) is 5.91 Å². The highest BCUT2D eigenvalue weighted by Crippen LogP contribution is 2.30. The first-order chi connectivity index (χ1) is 14.1. The van der Waals surface area contributed by atoms with Crippen molar-refractivity contribution < 1.29 is 14.3 Å². The molecule has 0 bridgehead atoms. The molecule has 4 nitrogen and oxygen atoms in total. The molecule has 0 aliphatic carbocycles. The van der Waals surface area contributed by atoms with Crippen molar-refractivity contribution in [3.8, 4) is 36.2 Å². The largest absolute Gasteiger partial charge is 0.493 e. The molecule has 6 heteroatoms. The number of nitrogens with one attached hydrogen (secondary N) is 1. The predicted octanol–water partition coefficient (Wildman–Crippen LogP) is 4.13. The Morgan fingerprint density at radius 1 is 1.17 bits per heavy atom. The average molecular weight is 428 g/mol. The smallest absolute Gasteiger partial charge is 0.237 e. The number of carbonyl (C=O) groups is 1. The van der Waals surface area contributed by atoms with Crippen LogP contribution in [0, 0.1) is 24.7 Å². The first-order valence-corrected chi connectivity index (χ1v) is 10.3. The maximum Gasteiger partial charge on any atom is 0.237 e. The Balaban J connectivity index is 1.98. The van der Waals surface area contributed by atoms with Crippen molar-refractivity contribution in [1.29, 1.82) is 0 Å². The van der Waals surface area contributed by atoms with Crippen molar-refractivity contribution in [2.75, 3.05) is 26.0 Å². The monoisotopic (exact) mass is 427 g/mol. The first-order valence-electron chi connectivity index (χ1n) is 8.90. The lowest BCUT2D eigenvalue weighted by atomic mass is 10.1. The van der Waals surface area contributed by atoms with Gasteiger partial charge in [-0.3, -0.25) is 4.79 Å². The molecule has 2 rings (SSSR count). The van der Waals surface area contributed by atoms with E-state index in [2.05, 4.69) is 17.2 Å². The van der Waals surface area contributed by atoms with Crippen LogP contribution >= 0.6 is 23.4 Å². The number of hydrogen-bond donors (Lipinski definition) is 1. The normalized spacial score (nSPS) is 11.0. The van der Waals surface area contributed by atoms with Crippen LogP contribution in [0.15, 0.2) is 42.5 Å². The quantitative estimate of drug-likeness (QED) is 0.579. The van der Waals surface area contributed by atoms with E-state index in [-0.39, 0.29) is 12.5 Å². The van der Waals surface area contributed by atoms with Crippen molar-refractivity contribution in [2.45, 2.75) is 11.7 Å². The van der Waals surface area contributed by atoms with E-state index < -0.39 is 5.25 Å². The molecule has 1 N–H and O–H groups in total. The van der Waals surface area contributed by atoms with Crippen molar-refractivity contribution in [2.24, 2.45) is 0 Å². The summed E-state index contributed by atoms with van der Waals surface area (Å²) in [5, 5.41) is 3.21. The summed E-state index contributed by atoms with van der Waals surface area (Å²) in [6.45, 7) is 0.653. The van der Waals surface area contributed by atoms with E-state index in [1.165, 1.54) is 11.8 Å². The van der Waals surface area contributed by atoms with Gasteiger partial charge >= 0.3 is 0 Å². The van der Waals surface area contributed by atoms with Crippen LogP contribution in [-0.2, 0) is 11.2 Å². The third-order valence-corrected chi connectivity index (χ3v) is 5.40. The van der Waals surface area contributed by atoms with Gasteiger partial charge in [-0.2, -0.15) is 0 Å². The standard InChI is InChI=1S/C23H22ClNO3S/c1-4-14-28-20-11-6-17(16-21(20)27-3)12-13-25-23(26)22(29-15-5-2)18-7-9-19(24)10-8-18/h1-2,6-11,16,22H,12-15H2,3H3,(H,25,26). The van der Waals surface area contributed by atoms with Gasteiger partial charge in [0.1, 0.15) is 11.9 Å². The number of ether oxygens (including phenoxy) is 2. The van der Waals surface area contributed by atoms with E-state index in [4.69, 9.17) is 33.9 Å². The van der Waals surface area contributed by atoms with Crippen LogP contribution in [0.2, 0.25) is 5.02 Å². The molecule has 150 valence electrons. The molecule has 1 amide bonds. The molecular weight excluding hydrogens is 406 g/mol. The molecule has 0 aliphatic heterocycles. The van der Waals surface area contributed by atoms with Crippen LogP contribution in [0.25, 0.3) is 0 Å². The van der Waals surface area contributed by atoms with E-state index >= 15 is 0 Å². The zero-order valence-corrected chi connectivity index (χ0v) is 17.7. The molecule has 1 unspecified atom stereocenters. The molecule has 29 heavy (non-hydrogen) atoms. The fourth-order valence-corrected chi connectivity index (χ4v) is 3.59. The number of amides is 1. The van der Waals surface area contributed by atoms with Gasteiger partial charge in [-0.25, -0.2) is 0 Å². The first kappa shape index (κ1) is 22.6. The molecule has 0 aromatic heterocycles. The van der Waals surface area contributed by atoms with Gasteiger partial charge in [0.25, 0.3) is 0 Å². The molecule has 1 atom stereocenters. The predicted molar refractivity (Wildman–Crippen MR) is 120 cm³/mol. The summed E-state index contributed by atoms with van der Waals surface area (Å²) >= 11 is 7.35. The second kappa shape index (κ2) is 12.0. The van der Waals surface area contributed by atoms with Crippen LogP contribution in [-0.4, -0.2) is 31.9 Å². The van der Waals surface area contributed by atoms with E-state index in [9.17, 15) is 4.79 Å². The van der Waals surface area contributed by atoms with Gasteiger partial charge in [0.15, 0.2) is 11.5 Å². The number of benzene rings is 2. The highest BCUT2D eigenvalue weighted by Gasteiger charge is 2.20. The maximum atomic E-state index is 12.7. The Morgan fingerprint density at radius 2 is 1.93 bits per heavy atom. The number of carbonyl (C=O) groups excluding carboxylic acids is 1. The molecule has 0 saturated heterocycles. The molecule has 0 aliphatic rings. The van der Waals surface area contributed by atoms with Gasteiger partial charge in [0.05, 0.1) is 12.9 Å². The van der Waals surface area contributed by atoms with Crippen molar-refractivity contribution >= 4 is 29.3 Å². The fourth-order valence-electron chi connectivity index (χ4n) is 2.62. The molecular formula is C23H22ClNO3S. The number of halogens is 1. The zero-order chi connectivity index (χ0) is 21.1. The van der Waals surface area contributed by atoms with Gasteiger partial charge in [-0.15, -0.1) is 24.6 Å². The van der Waals surface area contributed by atoms with Crippen molar-refractivity contribution in [3.63, 3.8) is 0 Å². The highest BCUT2D eigenvalue weighted by atomic mass is 35.5. The number of terminal acetylenes is 2. The minimum atomic E-state index is -0.391. The van der Waals surface area contributed by atoms with Gasteiger partial charge in [-0.05, 0) is 41.8 Å². The number of rotatable bonds is 10. The lowest BCUT2D eigenvalue weighted by molar-refractivity contribution is -0.120. The topological polar surface area (TPSA) is 47.6 Å². The Hall–Kier alpha value is -2.73. The second-order valence-electron chi connectivity index (χ2n) is 5.97. The van der Waals surface area contributed by atoms with E-state index in [1.54, 1.807) is 19.2 Å². The number of thioether (sulfide) groups is 1. The van der Waals surface area contributed by atoms with Gasteiger partial charge in [-0.1, -0.05) is 41.6 Å². The lowest BCUT2D eigenvalue weighted by Crippen LogP contribution is -2.30. The summed E-state index contributed by atoms with van der Waals surface area (Å²) in [5.41, 5.74) is 1.87. The molecule has 0 spiro atoms. The van der Waals surface area contributed by atoms with Crippen molar-refractivity contribution in [1.82, 2.24) is 5.32 Å². The fraction of sp³-hybridized carbons (Fsp3) is 0.261. The minimum absolute atomic E-state index is 0.0893. The summed E-state index contributed by atoms with van der Waals surface area (Å²) in [7, 11) is 1.57. The molecule has 2 aromatic carbocycles. The minimum Gasteiger partial charge on any atom is -0.493 e. The summed E-state index contributed by atoms with van der Waals surface area (Å²) < 4.78 is 10.8. The third-order valence-electron chi connectivity index (χ3n) is 4.00. The molecule has 0 radical (unpaired) electrons. The Kier molecular flexibility index (Phi) is 9.31. The van der Waals surface area contributed by atoms with Crippen LogP contribution in [0.3, 0.4) is 0 Å². The lowest BCUT2D eigenvalue weighted by Gasteiger charge is -2.16.